The van der Waals surface area contributed by atoms with Gasteiger partial charge in [-0.05, 0) is 13.5 Å². The molecule has 0 rings (SSSR count). The zero-order valence-corrected chi connectivity index (χ0v) is 9.15. The minimum absolute atomic E-state index is 0.0975. The van der Waals surface area contributed by atoms with Crippen LogP contribution in [0.5, 0.6) is 0 Å². The van der Waals surface area contributed by atoms with E-state index in [1.54, 1.807) is 7.05 Å². The SMILES string of the molecule is C=C(CC)C(COS(C)(=O)=O)NC. The monoisotopic (exact) mass is 207 g/mol. The van der Waals surface area contributed by atoms with Crippen LogP contribution in [0.4, 0.5) is 0 Å². The van der Waals surface area contributed by atoms with Gasteiger partial charge in [-0.15, -0.1) is 0 Å². The molecule has 0 saturated carbocycles. The van der Waals surface area contributed by atoms with Crippen LogP contribution < -0.4 is 5.32 Å². The Kier molecular flexibility index (Phi) is 5.20. The first-order valence-electron chi connectivity index (χ1n) is 4.10. The Bertz CT molecular complexity index is 259. The molecule has 0 amide bonds. The second-order valence-electron chi connectivity index (χ2n) is 2.84. The van der Waals surface area contributed by atoms with E-state index in [0.29, 0.717) is 0 Å². The van der Waals surface area contributed by atoms with Crippen LogP contribution in [0.2, 0.25) is 0 Å². The van der Waals surface area contributed by atoms with Gasteiger partial charge in [0, 0.05) is 0 Å². The summed E-state index contributed by atoms with van der Waals surface area (Å²) >= 11 is 0. The molecule has 0 aliphatic rings. The Morgan fingerprint density at radius 3 is 2.46 bits per heavy atom. The molecule has 0 aliphatic heterocycles. The molecule has 0 radical (unpaired) electrons. The van der Waals surface area contributed by atoms with Crippen LogP contribution in [0, 0.1) is 0 Å². The predicted octanol–water partition coefficient (Wildman–Crippen LogP) is 0.517. The van der Waals surface area contributed by atoms with Gasteiger partial charge >= 0.3 is 0 Å². The first-order chi connectivity index (χ1) is 5.90. The first-order valence-corrected chi connectivity index (χ1v) is 5.91. The quantitative estimate of drug-likeness (QED) is 0.509. The third kappa shape index (κ3) is 5.79. The van der Waals surface area contributed by atoms with E-state index in [4.69, 9.17) is 0 Å². The van der Waals surface area contributed by atoms with Gasteiger partial charge < -0.3 is 5.32 Å². The highest BCUT2D eigenvalue weighted by atomic mass is 32.2. The van der Waals surface area contributed by atoms with Crippen molar-refractivity contribution in [2.24, 2.45) is 0 Å². The van der Waals surface area contributed by atoms with Crippen molar-refractivity contribution in [2.45, 2.75) is 19.4 Å². The van der Waals surface area contributed by atoms with Crippen molar-refractivity contribution < 1.29 is 12.6 Å². The molecule has 0 aromatic heterocycles. The lowest BCUT2D eigenvalue weighted by molar-refractivity contribution is 0.291. The van der Waals surface area contributed by atoms with Crippen molar-refractivity contribution in [1.82, 2.24) is 5.32 Å². The molecular weight excluding hydrogens is 190 g/mol. The topological polar surface area (TPSA) is 55.4 Å². The van der Waals surface area contributed by atoms with Gasteiger partial charge in [0.2, 0.25) is 0 Å². The summed E-state index contributed by atoms with van der Waals surface area (Å²) in [6, 6.07) is -0.0975. The summed E-state index contributed by atoms with van der Waals surface area (Å²) in [6.45, 7) is 5.89. The summed E-state index contributed by atoms with van der Waals surface area (Å²) in [5, 5.41) is 2.94. The Balaban J connectivity index is 4.08. The molecule has 78 valence electrons. The van der Waals surface area contributed by atoms with Crippen LogP contribution >= 0.6 is 0 Å². The fourth-order valence-electron chi connectivity index (χ4n) is 0.843. The lowest BCUT2D eigenvalue weighted by Gasteiger charge is -2.16. The van der Waals surface area contributed by atoms with E-state index in [9.17, 15) is 8.42 Å². The zero-order chi connectivity index (χ0) is 10.5. The second kappa shape index (κ2) is 5.36. The van der Waals surface area contributed by atoms with Crippen molar-refractivity contribution in [1.29, 1.82) is 0 Å². The molecule has 0 aromatic carbocycles. The van der Waals surface area contributed by atoms with Gasteiger partial charge in [-0.2, -0.15) is 8.42 Å². The van der Waals surface area contributed by atoms with Gasteiger partial charge in [0.1, 0.15) is 0 Å². The summed E-state index contributed by atoms with van der Waals surface area (Å²) in [6.07, 6.45) is 1.84. The maximum absolute atomic E-state index is 10.7. The van der Waals surface area contributed by atoms with Gasteiger partial charge in [-0.25, -0.2) is 0 Å². The average Bonchev–Trinajstić information content (AvgIpc) is 2.03. The smallest absolute Gasteiger partial charge is 0.264 e. The predicted molar refractivity (Wildman–Crippen MR) is 53.1 cm³/mol. The summed E-state index contributed by atoms with van der Waals surface area (Å²) < 4.78 is 26.0. The average molecular weight is 207 g/mol. The van der Waals surface area contributed by atoms with E-state index in [-0.39, 0.29) is 12.6 Å². The van der Waals surface area contributed by atoms with Crippen molar-refractivity contribution in [3.05, 3.63) is 12.2 Å². The Labute approximate surface area is 80.1 Å². The van der Waals surface area contributed by atoms with E-state index in [1.807, 2.05) is 6.92 Å². The maximum Gasteiger partial charge on any atom is 0.264 e. The Morgan fingerprint density at radius 2 is 2.15 bits per heavy atom. The highest BCUT2D eigenvalue weighted by Crippen LogP contribution is 2.05. The minimum Gasteiger partial charge on any atom is -0.311 e. The van der Waals surface area contributed by atoms with Gasteiger partial charge in [0.15, 0.2) is 0 Å². The molecular formula is C8H17NO3S. The molecule has 1 N–H and O–H groups in total. The van der Waals surface area contributed by atoms with Gasteiger partial charge in [0.05, 0.1) is 18.9 Å². The molecule has 13 heavy (non-hydrogen) atoms. The number of likely N-dealkylation sites (N-methyl/N-ethyl adjacent to an activating group) is 1. The fraction of sp³-hybridized carbons (Fsp3) is 0.750. The van der Waals surface area contributed by atoms with Crippen LogP contribution in [0.3, 0.4) is 0 Å². The molecule has 4 nitrogen and oxygen atoms in total. The third-order valence-electron chi connectivity index (χ3n) is 1.74. The van der Waals surface area contributed by atoms with Crippen molar-refractivity contribution in [2.75, 3.05) is 19.9 Å². The molecule has 1 atom stereocenters. The van der Waals surface area contributed by atoms with Crippen LogP contribution in [-0.4, -0.2) is 34.4 Å². The fourth-order valence-corrected chi connectivity index (χ4v) is 1.23. The zero-order valence-electron chi connectivity index (χ0n) is 8.33. The molecule has 0 saturated heterocycles. The van der Waals surface area contributed by atoms with Gasteiger partial charge in [-0.3, -0.25) is 4.18 Å². The number of hydrogen-bond acceptors (Lipinski definition) is 4. The van der Waals surface area contributed by atoms with Crippen molar-refractivity contribution >= 4 is 10.1 Å². The molecule has 0 aromatic rings. The Morgan fingerprint density at radius 1 is 1.62 bits per heavy atom. The second-order valence-corrected chi connectivity index (χ2v) is 4.49. The molecule has 1 unspecified atom stereocenters. The highest BCUT2D eigenvalue weighted by molar-refractivity contribution is 7.85. The largest absolute Gasteiger partial charge is 0.311 e. The van der Waals surface area contributed by atoms with Gasteiger partial charge in [0.25, 0.3) is 10.1 Å². The van der Waals surface area contributed by atoms with Crippen molar-refractivity contribution in [3.63, 3.8) is 0 Å². The minimum atomic E-state index is -3.35. The van der Waals surface area contributed by atoms with E-state index in [2.05, 4.69) is 16.1 Å². The summed E-state index contributed by atoms with van der Waals surface area (Å²) in [5.74, 6) is 0. The number of rotatable bonds is 6. The molecule has 0 aliphatic carbocycles. The van der Waals surface area contributed by atoms with E-state index in [0.717, 1.165) is 18.2 Å². The summed E-state index contributed by atoms with van der Waals surface area (Å²) in [7, 11) is -1.60. The molecule has 0 spiro atoms. The summed E-state index contributed by atoms with van der Waals surface area (Å²) in [5.41, 5.74) is 0.936. The van der Waals surface area contributed by atoms with Crippen LogP contribution in [0.25, 0.3) is 0 Å². The lowest BCUT2D eigenvalue weighted by atomic mass is 10.1. The molecule has 0 bridgehead atoms. The van der Waals surface area contributed by atoms with Gasteiger partial charge in [-0.1, -0.05) is 19.1 Å². The number of hydrogen-bond donors (Lipinski definition) is 1. The lowest BCUT2D eigenvalue weighted by Crippen LogP contribution is -2.32. The van der Waals surface area contributed by atoms with Crippen LogP contribution in [0.1, 0.15) is 13.3 Å². The molecule has 5 heteroatoms. The standard InChI is InChI=1S/C8H17NO3S/c1-5-7(2)8(9-3)6-12-13(4,10)11/h8-9H,2,5-6H2,1,3-4H3. The van der Waals surface area contributed by atoms with E-state index < -0.39 is 10.1 Å². The number of nitrogens with one attached hydrogen (secondary N) is 1. The summed E-state index contributed by atoms with van der Waals surface area (Å²) in [4.78, 5) is 0. The first kappa shape index (κ1) is 12.6. The van der Waals surface area contributed by atoms with Crippen molar-refractivity contribution in [3.8, 4) is 0 Å². The van der Waals surface area contributed by atoms with E-state index >= 15 is 0 Å². The molecule has 0 fully saturated rings. The maximum atomic E-state index is 10.7. The Hall–Kier alpha value is -0.390. The molecule has 0 heterocycles. The van der Waals surface area contributed by atoms with Crippen LogP contribution in [-0.2, 0) is 14.3 Å². The van der Waals surface area contributed by atoms with Crippen LogP contribution in [0.15, 0.2) is 12.2 Å². The van der Waals surface area contributed by atoms with E-state index in [1.165, 1.54) is 0 Å². The third-order valence-corrected chi connectivity index (χ3v) is 2.31. The highest BCUT2D eigenvalue weighted by Gasteiger charge is 2.12. The normalized spacial score (nSPS) is 14.1.